The van der Waals surface area contributed by atoms with Crippen molar-refractivity contribution < 1.29 is 31.8 Å². The predicted octanol–water partition coefficient (Wildman–Crippen LogP) is 2.52. The molecular weight excluding hydrogens is 401 g/mol. The van der Waals surface area contributed by atoms with Gasteiger partial charge in [0.25, 0.3) is 0 Å². The standard InChI is InChI=1S/C20H22FNO6S/c1-14-3-4-15(12-19(14)29(24,25)22-7-9-27-10-8-22)20(23)28-13-16-11-17(21)5-6-18(16)26-2/h3-6,11-12H,7-10,13H2,1-2H3. The van der Waals surface area contributed by atoms with Gasteiger partial charge >= 0.3 is 5.97 Å². The number of halogens is 1. The largest absolute Gasteiger partial charge is 0.496 e. The van der Waals surface area contributed by atoms with E-state index in [0.717, 1.165) is 0 Å². The Kier molecular flexibility index (Phi) is 6.51. The van der Waals surface area contributed by atoms with Gasteiger partial charge < -0.3 is 14.2 Å². The molecule has 29 heavy (non-hydrogen) atoms. The molecule has 0 aliphatic carbocycles. The second-order valence-electron chi connectivity index (χ2n) is 6.53. The summed E-state index contributed by atoms with van der Waals surface area (Å²) >= 11 is 0. The van der Waals surface area contributed by atoms with Crippen LogP contribution in [-0.2, 0) is 26.1 Å². The molecule has 2 aromatic carbocycles. The molecule has 1 aliphatic heterocycles. The van der Waals surface area contributed by atoms with Crippen molar-refractivity contribution in [2.75, 3.05) is 33.4 Å². The molecule has 0 unspecified atom stereocenters. The van der Waals surface area contributed by atoms with Crippen molar-refractivity contribution in [1.82, 2.24) is 4.31 Å². The summed E-state index contributed by atoms with van der Waals surface area (Å²) in [6, 6.07) is 8.27. The van der Waals surface area contributed by atoms with Crippen LogP contribution in [0.2, 0.25) is 0 Å². The van der Waals surface area contributed by atoms with Gasteiger partial charge in [0.1, 0.15) is 18.2 Å². The number of rotatable bonds is 6. The number of methoxy groups -OCH3 is 1. The third-order valence-electron chi connectivity index (χ3n) is 4.61. The first-order chi connectivity index (χ1) is 13.8. The average molecular weight is 423 g/mol. The summed E-state index contributed by atoms with van der Waals surface area (Å²) in [5.41, 5.74) is 0.992. The van der Waals surface area contributed by atoms with E-state index in [1.165, 1.54) is 41.7 Å². The molecule has 1 heterocycles. The summed E-state index contributed by atoms with van der Waals surface area (Å²) in [6.45, 7) is 2.63. The van der Waals surface area contributed by atoms with Gasteiger partial charge in [-0.1, -0.05) is 6.07 Å². The summed E-state index contributed by atoms with van der Waals surface area (Å²) < 4.78 is 56.3. The maximum absolute atomic E-state index is 13.5. The van der Waals surface area contributed by atoms with Crippen molar-refractivity contribution in [2.24, 2.45) is 0 Å². The second kappa shape index (κ2) is 8.89. The Labute approximate surface area is 169 Å². The van der Waals surface area contributed by atoms with E-state index in [4.69, 9.17) is 14.2 Å². The van der Waals surface area contributed by atoms with Crippen molar-refractivity contribution in [3.8, 4) is 5.75 Å². The molecule has 0 N–H and O–H groups in total. The molecule has 0 amide bonds. The molecule has 1 saturated heterocycles. The fourth-order valence-electron chi connectivity index (χ4n) is 3.02. The van der Waals surface area contributed by atoms with Crippen LogP contribution in [0, 0.1) is 12.7 Å². The molecule has 3 rings (SSSR count). The van der Waals surface area contributed by atoms with Crippen LogP contribution in [0.3, 0.4) is 0 Å². The van der Waals surface area contributed by atoms with Crippen LogP contribution in [-0.4, -0.2) is 52.1 Å². The summed E-state index contributed by atoms with van der Waals surface area (Å²) in [4.78, 5) is 12.5. The minimum atomic E-state index is -3.76. The lowest BCUT2D eigenvalue weighted by molar-refractivity contribution is 0.0469. The number of sulfonamides is 1. The minimum Gasteiger partial charge on any atom is -0.496 e. The lowest BCUT2D eigenvalue weighted by Crippen LogP contribution is -2.40. The average Bonchev–Trinajstić information content (AvgIpc) is 2.73. The summed E-state index contributed by atoms with van der Waals surface area (Å²) in [6.07, 6.45) is 0. The molecule has 0 radical (unpaired) electrons. The fourth-order valence-corrected chi connectivity index (χ4v) is 4.68. The van der Waals surface area contributed by atoms with Crippen molar-refractivity contribution in [3.05, 3.63) is 58.9 Å². The number of benzene rings is 2. The molecule has 0 saturated carbocycles. The van der Waals surface area contributed by atoms with Crippen molar-refractivity contribution in [1.29, 1.82) is 0 Å². The second-order valence-corrected chi connectivity index (χ2v) is 8.44. The van der Waals surface area contributed by atoms with E-state index in [1.807, 2.05) is 0 Å². The number of hydrogen-bond acceptors (Lipinski definition) is 6. The zero-order chi connectivity index (χ0) is 21.0. The third kappa shape index (κ3) is 4.75. The van der Waals surface area contributed by atoms with E-state index >= 15 is 0 Å². The normalized spacial score (nSPS) is 15.1. The number of carbonyl (C=O) groups excluding carboxylic acids is 1. The van der Waals surface area contributed by atoms with Gasteiger partial charge in [-0.25, -0.2) is 17.6 Å². The molecule has 156 valence electrons. The molecule has 9 heteroatoms. The Balaban J connectivity index is 1.80. The van der Waals surface area contributed by atoms with E-state index in [1.54, 1.807) is 13.0 Å². The van der Waals surface area contributed by atoms with Gasteiger partial charge in [-0.3, -0.25) is 0 Å². The number of morpholine rings is 1. The quantitative estimate of drug-likeness (QED) is 0.664. The van der Waals surface area contributed by atoms with Gasteiger partial charge in [0.05, 0.1) is 30.8 Å². The highest BCUT2D eigenvalue weighted by atomic mass is 32.2. The summed E-state index contributed by atoms with van der Waals surface area (Å²) in [7, 11) is -2.32. The van der Waals surface area contributed by atoms with Crippen LogP contribution in [0.25, 0.3) is 0 Å². The molecule has 1 fully saturated rings. The van der Waals surface area contributed by atoms with E-state index in [9.17, 15) is 17.6 Å². The Morgan fingerprint density at radius 3 is 2.59 bits per heavy atom. The number of esters is 1. The van der Waals surface area contributed by atoms with Gasteiger partial charge in [-0.15, -0.1) is 0 Å². The topological polar surface area (TPSA) is 82.1 Å². The van der Waals surface area contributed by atoms with E-state index in [0.29, 0.717) is 30.1 Å². The fraction of sp³-hybridized carbons (Fsp3) is 0.350. The predicted molar refractivity (Wildman–Crippen MR) is 103 cm³/mol. The monoisotopic (exact) mass is 423 g/mol. The zero-order valence-electron chi connectivity index (χ0n) is 16.2. The van der Waals surface area contributed by atoms with Crippen molar-refractivity contribution >= 4 is 16.0 Å². The van der Waals surface area contributed by atoms with Crippen molar-refractivity contribution in [2.45, 2.75) is 18.4 Å². The third-order valence-corrected chi connectivity index (χ3v) is 6.65. The summed E-state index contributed by atoms with van der Waals surface area (Å²) in [5.74, 6) is -0.806. The first kappa shape index (κ1) is 21.2. The first-order valence-electron chi connectivity index (χ1n) is 9.01. The highest BCUT2D eigenvalue weighted by Gasteiger charge is 2.28. The number of carbonyl (C=O) groups is 1. The van der Waals surface area contributed by atoms with Gasteiger partial charge in [0, 0.05) is 18.7 Å². The summed E-state index contributed by atoms with van der Waals surface area (Å²) in [5, 5.41) is 0. The van der Waals surface area contributed by atoms with E-state index in [-0.39, 0.29) is 30.2 Å². The molecule has 0 bridgehead atoms. The van der Waals surface area contributed by atoms with Gasteiger partial charge in [-0.2, -0.15) is 4.31 Å². The molecule has 2 aromatic rings. The Hall–Kier alpha value is -2.49. The maximum atomic E-state index is 13.5. The van der Waals surface area contributed by atoms with Crippen LogP contribution in [0.1, 0.15) is 21.5 Å². The smallest absolute Gasteiger partial charge is 0.338 e. The molecule has 7 nitrogen and oxygen atoms in total. The molecule has 0 atom stereocenters. The molecular formula is C20H22FNO6S. The maximum Gasteiger partial charge on any atom is 0.338 e. The lowest BCUT2D eigenvalue weighted by Gasteiger charge is -2.26. The Morgan fingerprint density at radius 1 is 1.17 bits per heavy atom. The van der Waals surface area contributed by atoms with Crippen LogP contribution in [0.15, 0.2) is 41.3 Å². The lowest BCUT2D eigenvalue weighted by atomic mass is 10.1. The first-order valence-corrected chi connectivity index (χ1v) is 10.4. The Morgan fingerprint density at radius 2 is 1.90 bits per heavy atom. The van der Waals surface area contributed by atoms with Crippen molar-refractivity contribution in [3.63, 3.8) is 0 Å². The van der Waals surface area contributed by atoms with Gasteiger partial charge in [-0.05, 0) is 42.8 Å². The van der Waals surface area contributed by atoms with Crippen LogP contribution in [0.5, 0.6) is 5.75 Å². The van der Waals surface area contributed by atoms with Crippen LogP contribution >= 0.6 is 0 Å². The number of ether oxygens (including phenoxy) is 3. The van der Waals surface area contributed by atoms with Crippen LogP contribution < -0.4 is 4.74 Å². The number of nitrogens with zero attached hydrogens (tertiary/aromatic N) is 1. The minimum absolute atomic E-state index is 0.0530. The van der Waals surface area contributed by atoms with Gasteiger partial charge in [0.15, 0.2) is 0 Å². The van der Waals surface area contributed by atoms with E-state index < -0.39 is 21.8 Å². The molecule has 1 aliphatic rings. The SMILES string of the molecule is COc1ccc(F)cc1COC(=O)c1ccc(C)c(S(=O)(=O)N2CCOCC2)c1. The highest BCUT2D eigenvalue weighted by molar-refractivity contribution is 7.89. The zero-order valence-corrected chi connectivity index (χ0v) is 17.0. The molecule has 0 spiro atoms. The van der Waals surface area contributed by atoms with E-state index in [2.05, 4.69) is 0 Å². The Bertz CT molecular complexity index is 1000. The number of aryl methyl sites for hydroxylation is 1. The van der Waals surface area contributed by atoms with Gasteiger partial charge in [0.2, 0.25) is 10.0 Å². The van der Waals surface area contributed by atoms with Crippen LogP contribution in [0.4, 0.5) is 4.39 Å². The number of hydrogen-bond donors (Lipinski definition) is 0. The highest BCUT2D eigenvalue weighted by Crippen LogP contribution is 2.24. The molecule has 0 aromatic heterocycles.